The zero-order chi connectivity index (χ0) is 16.7. The predicted octanol–water partition coefficient (Wildman–Crippen LogP) is 4.02. The second-order valence-electron chi connectivity index (χ2n) is 4.93. The normalized spacial score (nSPS) is 12.0. The molecule has 4 nitrogen and oxygen atoms in total. The Hall–Kier alpha value is -2.75. The molecule has 1 atom stereocenters. The highest BCUT2D eigenvalue weighted by Gasteiger charge is 2.09. The Balaban J connectivity index is 2.04. The molecule has 4 heteroatoms. The van der Waals surface area contributed by atoms with Gasteiger partial charge in [-0.3, -0.25) is 0 Å². The van der Waals surface area contributed by atoms with Crippen LogP contribution >= 0.6 is 0 Å². The fourth-order valence-corrected chi connectivity index (χ4v) is 2.12. The lowest BCUT2D eigenvalue weighted by Crippen LogP contribution is -2.05. The fraction of sp³-hybridized carbons (Fsp3) is 0.211. The molecule has 0 radical (unpaired) electrons. The Morgan fingerprint density at radius 1 is 1.04 bits per heavy atom. The molecule has 2 aromatic rings. The van der Waals surface area contributed by atoms with Crippen molar-refractivity contribution in [2.24, 2.45) is 0 Å². The van der Waals surface area contributed by atoms with Crippen LogP contribution in [0.25, 0.3) is 6.08 Å². The van der Waals surface area contributed by atoms with Gasteiger partial charge in [-0.25, -0.2) is 4.79 Å². The summed E-state index contributed by atoms with van der Waals surface area (Å²) in [4.78, 5) is 11.9. The molecule has 23 heavy (non-hydrogen) atoms. The number of carbonyl (C=O) groups excluding carboxylic acids is 1. The molecule has 0 saturated carbocycles. The summed E-state index contributed by atoms with van der Waals surface area (Å²) in [6.45, 7) is 1.84. The highest BCUT2D eigenvalue weighted by molar-refractivity contribution is 5.87. The van der Waals surface area contributed by atoms with Crippen molar-refractivity contribution < 1.29 is 19.0 Å². The van der Waals surface area contributed by atoms with Crippen LogP contribution in [-0.2, 0) is 9.53 Å². The Bertz CT molecular complexity index is 677. The molecule has 0 aliphatic rings. The minimum atomic E-state index is -0.403. The number of hydrogen-bond donors (Lipinski definition) is 0. The van der Waals surface area contributed by atoms with E-state index in [9.17, 15) is 4.79 Å². The number of rotatable bonds is 6. The first-order chi connectivity index (χ1) is 11.1. The molecular weight excluding hydrogens is 292 g/mol. The SMILES string of the molecule is COc1ccc(C=CC(=O)OC(C)c2ccccc2)c(OC)c1. The van der Waals surface area contributed by atoms with Crippen molar-refractivity contribution in [3.63, 3.8) is 0 Å². The van der Waals surface area contributed by atoms with Crippen molar-refractivity contribution in [2.45, 2.75) is 13.0 Å². The number of hydrogen-bond acceptors (Lipinski definition) is 4. The van der Waals surface area contributed by atoms with Crippen molar-refractivity contribution in [3.05, 3.63) is 65.7 Å². The van der Waals surface area contributed by atoms with Crippen molar-refractivity contribution in [3.8, 4) is 11.5 Å². The third-order valence-corrected chi connectivity index (χ3v) is 3.40. The summed E-state index contributed by atoms with van der Waals surface area (Å²) in [5, 5.41) is 0. The van der Waals surface area contributed by atoms with Crippen LogP contribution < -0.4 is 9.47 Å². The second kappa shape index (κ2) is 8.03. The van der Waals surface area contributed by atoms with Crippen LogP contribution in [0.3, 0.4) is 0 Å². The minimum Gasteiger partial charge on any atom is -0.497 e. The average molecular weight is 312 g/mol. The third-order valence-electron chi connectivity index (χ3n) is 3.40. The number of methoxy groups -OCH3 is 2. The molecule has 0 bridgehead atoms. The molecule has 0 aromatic heterocycles. The number of carbonyl (C=O) groups is 1. The maximum absolute atomic E-state index is 11.9. The van der Waals surface area contributed by atoms with E-state index < -0.39 is 5.97 Å². The van der Waals surface area contributed by atoms with Gasteiger partial charge >= 0.3 is 5.97 Å². The van der Waals surface area contributed by atoms with Gasteiger partial charge in [-0.05, 0) is 30.7 Å². The van der Waals surface area contributed by atoms with Gasteiger partial charge in [0.1, 0.15) is 17.6 Å². The summed E-state index contributed by atoms with van der Waals surface area (Å²) in [5.74, 6) is 0.919. The van der Waals surface area contributed by atoms with E-state index in [1.807, 2.05) is 43.3 Å². The van der Waals surface area contributed by atoms with E-state index in [0.29, 0.717) is 11.5 Å². The summed E-state index contributed by atoms with van der Waals surface area (Å²) in [7, 11) is 3.16. The van der Waals surface area contributed by atoms with Crippen LogP contribution in [0.4, 0.5) is 0 Å². The molecule has 0 spiro atoms. The summed E-state index contributed by atoms with van der Waals surface area (Å²) >= 11 is 0. The lowest BCUT2D eigenvalue weighted by Gasteiger charge is -2.12. The van der Waals surface area contributed by atoms with E-state index in [2.05, 4.69) is 0 Å². The summed E-state index contributed by atoms with van der Waals surface area (Å²) in [6, 6.07) is 15.0. The Morgan fingerprint density at radius 3 is 2.43 bits per heavy atom. The molecule has 0 aliphatic carbocycles. The number of ether oxygens (including phenoxy) is 3. The van der Waals surface area contributed by atoms with Crippen LogP contribution in [0.5, 0.6) is 11.5 Å². The van der Waals surface area contributed by atoms with E-state index in [1.165, 1.54) is 6.08 Å². The second-order valence-corrected chi connectivity index (χ2v) is 4.93. The Kier molecular flexibility index (Phi) is 5.80. The zero-order valence-electron chi connectivity index (χ0n) is 13.5. The summed E-state index contributed by atoms with van der Waals surface area (Å²) < 4.78 is 15.8. The first kappa shape index (κ1) is 16.6. The molecule has 0 fully saturated rings. The molecule has 0 amide bonds. The first-order valence-electron chi connectivity index (χ1n) is 7.29. The lowest BCUT2D eigenvalue weighted by atomic mass is 10.1. The molecule has 0 aliphatic heterocycles. The van der Waals surface area contributed by atoms with Crippen molar-refractivity contribution in [1.29, 1.82) is 0 Å². The first-order valence-corrected chi connectivity index (χ1v) is 7.29. The fourth-order valence-electron chi connectivity index (χ4n) is 2.12. The minimum absolute atomic E-state index is 0.300. The Labute approximate surface area is 136 Å². The third kappa shape index (κ3) is 4.61. The van der Waals surface area contributed by atoms with Gasteiger partial charge in [0.2, 0.25) is 0 Å². The van der Waals surface area contributed by atoms with Gasteiger partial charge in [0.15, 0.2) is 0 Å². The van der Waals surface area contributed by atoms with Gasteiger partial charge in [-0.15, -0.1) is 0 Å². The molecular formula is C19H20O4. The monoisotopic (exact) mass is 312 g/mol. The maximum Gasteiger partial charge on any atom is 0.331 e. The summed E-state index contributed by atoms with van der Waals surface area (Å²) in [6.07, 6.45) is 2.76. The standard InChI is InChI=1S/C19H20O4/c1-14(15-7-5-4-6-8-15)23-19(20)12-10-16-9-11-17(21-2)13-18(16)22-3/h4-14H,1-3H3. The number of benzene rings is 2. The molecule has 0 N–H and O–H groups in total. The highest BCUT2D eigenvalue weighted by atomic mass is 16.5. The zero-order valence-corrected chi connectivity index (χ0v) is 13.5. The molecule has 1 unspecified atom stereocenters. The van der Waals surface area contributed by atoms with Gasteiger partial charge < -0.3 is 14.2 Å². The Morgan fingerprint density at radius 2 is 1.78 bits per heavy atom. The summed E-state index contributed by atoms with van der Waals surface area (Å²) in [5.41, 5.74) is 1.73. The van der Waals surface area contributed by atoms with E-state index >= 15 is 0 Å². The molecule has 120 valence electrons. The highest BCUT2D eigenvalue weighted by Crippen LogP contribution is 2.25. The quantitative estimate of drug-likeness (QED) is 0.597. The van der Waals surface area contributed by atoms with Crippen LogP contribution in [-0.4, -0.2) is 20.2 Å². The lowest BCUT2D eigenvalue weighted by molar-refractivity contribution is -0.142. The molecule has 2 aromatic carbocycles. The van der Waals surface area contributed by atoms with Crippen molar-refractivity contribution in [2.75, 3.05) is 14.2 Å². The van der Waals surface area contributed by atoms with E-state index in [1.54, 1.807) is 32.4 Å². The van der Waals surface area contributed by atoms with E-state index in [-0.39, 0.29) is 6.10 Å². The van der Waals surface area contributed by atoms with Crippen LogP contribution in [0, 0.1) is 0 Å². The predicted molar refractivity (Wildman–Crippen MR) is 89.5 cm³/mol. The van der Waals surface area contributed by atoms with Gasteiger partial charge in [0.05, 0.1) is 14.2 Å². The smallest absolute Gasteiger partial charge is 0.331 e. The molecule has 0 heterocycles. The van der Waals surface area contributed by atoms with Gasteiger partial charge in [0, 0.05) is 17.7 Å². The molecule has 0 saturated heterocycles. The van der Waals surface area contributed by atoms with Gasteiger partial charge in [-0.2, -0.15) is 0 Å². The average Bonchev–Trinajstić information content (AvgIpc) is 2.60. The van der Waals surface area contributed by atoms with E-state index in [4.69, 9.17) is 14.2 Å². The van der Waals surface area contributed by atoms with Gasteiger partial charge in [0.25, 0.3) is 0 Å². The topological polar surface area (TPSA) is 44.8 Å². The maximum atomic E-state index is 11.9. The van der Waals surface area contributed by atoms with Crippen molar-refractivity contribution >= 4 is 12.0 Å². The van der Waals surface area contributed by atoms with Gasteiger partial charge in [-0.1, -0.05) is 30.3 Å². The number of esters is 1. The van der Waals surface area contributed by atoms with Crippen LogP contribution in [0.2, 0.25) is 0 Å². The molecule has 2 rings (SSSR count). The van der Waals surface area contributed by atoms with Crippen LogP contribution in [0.15, 0.2) is 54.6 Å². The largest absolute Gasteiger partial charge is 0.497 e. The van der Waals surface area contributed by atoms with Crippen LogP contribution in [0.1, 0.15) is 24.2 Å². The van der Waals surface area contributed by atoms with E-state index in [0.717, 1.165) is 11.1 Å². The van der Waals surface area contributed by atoms with Crippen molar-refractivity contribution in [1.82, 2.24) is 0 Å².